The van der Waals surface area contributed by atoms with Crippen LogP contribution in [0.25, 0.3) is 0 Å². The zero-order chi connectivity index (χ0) is 19.9. The van der Waals surface area contributed by atoms with Gasteiger partial charge in [-0.25, -0.2) is 0 Å². The molecule has 6 nitrogen and oxygen atoms in total. The van der Waals surface area contributed by atoms with Gasteiger partial charge in [0.25, 0.3) is 5.91 Å². The van der Waals surface area contributed by atoms with E-state index in [9.17, 15) is 4.79 Å². The molecule has 29 heavy (non-hydrogen) atoms. The first-order valence-corrected chi connectivity index (χ1v) is 10.1. The average Bonchev–Trinajstić information content (AvgIpc) is 3.27. The summed E-state index contributed by atoms with van der Waals surface area (Å²) >= 11 is 0. The van der Waals surface area contributed by atoms with Crippen molar-refractivity contribution >= 4 is 5.91 Å². The van der Waals surface area contributed by atoms with Gasteiger partial charge in [0, 0.05) is 43.6 Å². The van der Waals surface area contributed by atoms with E-state index in [1.165, 1.54) is 0 Å². The first-order chi connectivity index (χ1) is 14.3. The second kappa shape index (κ2) is 9.39. The van der Waals surface area contributed by atoms with E-state index in [4.69, 9.17) is 4.74 Å². The van der Waals surface area contributed by atoms with Crippen molar-refractivity contribution in [3.05, 3.63) is 83.7 Å². The van der Waals surface area contributed by atoms with Crippen LogP contribution in [0.2, 0.25) is 0 Å². The Bertz CT molecular complexity index is 904. The zero-order valence-corrected chi connectivity index (χ0v) is 16.4. The molecule has 1 aliphatic rings. The number of rotatable bonds is 7. The van der Waals surface area contributed by atoms with Crippen LogP contribution in [-0.2, 0) is 13.1 Å². The minimum Gasteiger partial charge on any atom is -0.490 e. The maximum Gasteiger partial charge on any atom is 0.251 e. The van der Waals surface area contributed by atoms with E-state index in [2.05, 4.69) is 20.4 Å². The number of aromatic nitrogens is 2. The maximum absolute atomic E-state index is 12.5. The summed E-state index contributed by atoms with van der Waals surface area (Å²) in [7, 11) is 0. The van der Waals surface area contributed by atoms with Crippen molar-refractivity contribution in [3.63, 3.8) is 0 Å². The molecule has 1 aliphatic heterocycles. The summed E-state index contributed by atoms with van der Waals surface area (Å²) in [6.07, 6.45) is 3.90. The van der Waals surface area contributed by atoms with Crippen LogP contribution in [0.3, 0.4) is 0 Å². The van der Waals surface area contributed by atoms with Gasteiger partial charge in [-0.2, -0.15) is 5.10 Å². The molecule has 1 fully saturated rings. The molecular formula is C23H26N4O2. The number of nitrogens with zero attached hydrogens (tertiary/aromatic N) is 2. The van der Waals surface area contributed by atoms with Gasteiger partial charge >= 0.3 is 0 Å². The SMILES string of the molecule is O=C(NCc1ccccc1)c1cccc(OC2CCN(Cc3ccn[nH]3)CC2)c1. The fourth-order valence-corrected chi connectivity index (χ4v) is 3.58. The maximum atomic E-state index is 12.5. The van der Waals surface area contributed by atoms with Gasteiger partial charge in [0.15, 0.2) is 0 Å². The Hall–Kier alpha value is -3.12. The molecule has 0 atom stereocenters. The van der Waals surface area contributed by atoms with Crippen molar-refractivity contribution < 1.29 is 9.53 Å². The molecule has 0 saturated carbocycles. The largest absolute Gasteiger partial charge is 0.490 e. The van der Waals surface area contributed by atoms with Crippen LogP contribution in [0.5, 0.6) is 5.75 Å². The van der Waals surface area contributed by atoms with E-state index < -0.39 is 0 Å². The van der Waals surface area contributed by atoms with Gasteiger partial charge in [0.2, 0.25) is 0 Å². The summed E-state index contributed by atoms with van der Waals surface area (Å²) in [4.78, 5) is 14.9. The number of nitrogens with one attached hydrogen (secondary N) is 2. The third-order valence-electron chi connectivity index (χ3n) is 5.18. The quantitative estimate of drug-likeness (QED) is 0.649. The summed E-state index contributed by atoms with van der Waals surface area (Å²) < 4.78 is 6.17. The van der Waals surface area contributed by atoms with Crippen molar-refractivity contribution in [1.82, 2.24) is 20.4 Å². The van der Waals surface area contributed by atoms with Gasteiger partial charge in [-0.05, 0) is 42.7 Å². The van der Waals surface area contributed by atoms with Gasteiger partial charge in [-0.1, -0.05) is 36.4 Å². The van der Waals surface area contributed by atoms with Gasteiger partial charge in [0.05, 0.1) is 0 Å². The lowest BCUT2D eigenvalue weighted by atomic mass is 10.1. The van der Waals surface area contributed by atoms with Crippen molar-refractivity contribution in [2.75, 3.05) is 13.1 Å². The summed E-state index contributed by atoms with van der Waals surface area (Å²) in [6.45, 7) is 3.38. The van der Waals surface area contributed by atoms with E-state index in [-0.39, 0.29) is 12.0 Å². The van der Waals surface area contributed by atoms with E-state index >= 15 is 0 Å². The molecule has 2 heterocycles. The number of likely N-dealkylation sites (tertiary alicyclic amines) is 1. The number of amides is 1. The van der Waals surface area contributed by atoms with Crippen molar-refractivity contribution in [3.8, 4) is 5.75 Å². The fraction of sp³-hybridized carbons (Fsp3) is 0.304. The summed E-state index contributed by atoms with van der Waals surface area (Å²) in [5.74, 6) is 0.665. The molecule has 1 amide bonds. The minimum absolute atomic E-state index is 0.0892. The van der Waals surface area contributed by atoms with E-state index in [1.807, 2.05) is 60.7 Å². The number of hydrogen-bond acceptors (Lipinski definition) is 4. The predicted molar refractivity (Wildman–Crippen MR) is 112 cm³/mol. The number of carbonyl (C=O) groups excluding carboxylic acids is 1. The number of carbonyl (C=O) groups is 1. The number of piperidine rings is 1. The summed E-state index contributed by atoms with van der Waals surface area (Å²) in [5, 5.41) is 9.98. The standard InChI is InChI=1S/C23H26N4O2/c28-23(24-16-18-5-2-1-3-6-18)19-7-4-8-22(15-19)29-21-10-13-27(14-11-21)17-20-9-12-25-26-20/h1-9,12,15,21H,10-11,13-14,16-17H2,(H,24,28)(H,25,26). The summed E-state index contributed by atoms with van der Waals surface area (Å²) in [5.41, 5.74) is 2.84. The number of H-pyrrole nitrogens is 1. The Morgan fingerprint density at radius 1 is 1.10 bits per heavy atom. The molecule has 3 aromatic rings. The highest BCUT2D eigenvalue weighted by molar-refractivity contribution is 5.94. The highest BCUT2D eigenvalue weighted by atomic mass is 16.5. The zero-order valence-electron chi connectivity index (χ0n) is 16.4. The number of hydrogen-bond donors (Lipinski definition) is 2. The molecule has 0 bridgehead atoms. The lowest BCUT2D eigenvalue weighted by molar-refractivity contribution is 0.0932. The molecule has 0 radical (unpaired) electrons. The molecule has 4 rings (SSSR count). The first kappa shape index (κ1) is 19.2. The fourth-order valence-electron chi connectivity index (χ4n) is 3.58. The first-order valence-electron chi connectivity index (χ1n) is 10.1. The Morgan fingerprint density at radius 3 is 2.69 bits per heavy atom. The molecule has 2 aromatic carbocycles. The highest BCUT2D eigenvalue weighted by Gasteiger charge is 2.21. The van der Waals surface area contributed by atoms with E-state index in [0.29, 0.717) is 12.1 Å². The Kier molecular flexibility index (Phi) is 6.22. The van der Waals surface area contributed by atoms with Crippen LogP contribution < -0.4 is 10.1 Å². The Labute approximate surface area is 170 Å². The second-order valence-electron chi connectivity index (χ2n) is 7.37. The predicted octanol–water partition coefficient (Wildman–Crippen LogP) is 3.38. The van der Waals surface area contributed by atoms with Crippen LogP contribution in [0, 0.1) is 0 Å². The lowest BCUT2D eigenvalue weighted by Gasteiger charge is -2.31. The second-order valence-corrected chi connectivity index (χ2v) is 7.37. The lowest BCUT2D eigenvalue weighted by Crippen LogP contribution is -2.37. The molecule has 1 saturated heterocycles. The van der Waals surface area contributed by atoms with Crippen LogP contribution in [-0.4, -0.2) is 40.2 Å². The summed E-state index contributed by atoms with van der Waals surface area (Å²) in [6, 6.07) is 19.4. The van der Waals surface area contributed by atoms with Gasteiger partial charge in [-0.3, -0.25) is 14.8 Å². The smallest absolute Gasteiger partial charge is 0.251 e. The molecular weight excluding hydrogens is 364 g/mol. The average molecular weight is 390 g/mol. The van der Waals surface area contributed by atoms with Crippen LogP contribution >= 0.6 is 0 Å². The van der Waals surface area contributed by atoms with E-state index in [1.54, 1.807) is 6.20 Å². The molecule has 6 heteroatoms. The Morgan fingerprint density at radius 2 is 1.93 bits per heavy atom. The molecule has 0 spiro atoms. The van der Waals surface area contributed by atoms with Gasteiger partial charge in [0.1, 0.15) is 11.9 Å². The molecule has 2 N–H and O–H groups in total. The van der Waals surface area contributed by atoms with Crippen LogP contribution in [0.4, 0.5) is 0 Å². The molecule has 0 unspecified atom stereocenters. The monoisotopic (exact) mass is 390 g/mol. The number of ether oxygens (including phenoxy) is 1. The van der Waals surface area contributed by atoms with Gasteiger partial charge < -0.3 is 10.1 Å². The van der Waals surface area contributed by atoms with Gasteiger partial charge in [-0.15, -0.1) is 0 Å². The minimum atomic E-state index is -0.0892. The molecule has 0 aliphatic carbocycles. The highest BCUT2D eigenvalue weighted by Crippen LogP contribution is 2.21. The van der Waals surface area contributed by atoms with Crippen molar-refractivity contribution in [2.45, 2.75) is 32.0 Å². The van der Waals surface area contributed by atoms with Crippen LogP contribution in [0.1, 0.15) is 34.5 Å². The number of benzene rings is 2. The van der Waals surface area contributed by atoms with Crippen molar-refractivity contribution in [2.24, 2.45) is 0 Å². The third-order valence-corrected chi connectivity index (χ3v) is 5.18. The third kappa shape index (κ3) is 5.45. The molecule has 1 aromatic heterocycles. The Balaban J connectivity index is 1.27. The number of aromatic amines is 1. The topological polar surface area (TPSA) is 70.2 Å². The van der Waals surface area contributed by atoms with E-state index in [0.717, 1.165) is 49.5 Å². The van der Waals surface area contributed by atoms with Crippen molar-refractivity contribution in [1.29, 1.82) is 0 Å². The van der Waals surface area contributed by atoms with Crippen LogP contribution in [0.15, 0.2) is 66.9 Å². The normalized spacial score (nSPS) is 15.2. The molecule has 150 valence electrons.